The van der Waals surface area contributed by atoms with E-state index < -0.39 is 6.10 Å². The van der Waals surface area contributed by atoms with E-state index in [-0.39, 0.29) is 5.97 Å². The Morgan fingerprint density at radius 2 is 1.80 bits per heavy atom. The maximum atomic E-state index is 11.6. The number of carbonyl (C=O) groups excluding carboxylic acids is 1. The van der Waals surface area contributed by atoms with E-state index in [0.717, 1.165) is 35.1 Å². The number of aliphatic hydroxyl groups is 1. The molecule has 1 N–H and O–H groups in total. The number of carbonyl (C=O) groups is 1. The summed E-state index contributed by atoms with van der Waals surface area (Å²) in [6.45, 7) is 0. The fourth-order valence-corrected chi connectivity index (χ4v) is 2.79. The molecular formula is C17H16O3. The van der Waals surface area contributed by atoms with Crippen molar-refractivity contribution in [2.75, 3.05) is 7.11 Å². The van der Waals surface area contributed by atoms with Gasteiger partial charge in [0.05, 0.1) is 12.7 Å². The summed E-state index contributed by atoms with van der Waals surface area (Å²) in [5.74, 6) is -0.377. The molecule has 0 radical (unpaired) electrons. The van der Waals surface area contributed by atoms with Crippen LogP contribution >= 0.6 is 0 Å². The van der Waals surface area contributed by atoms with Crippen molar-refractivity contribution < 1.29 is 14.6 Å². The number of aryl methyl sites for hydroxylation is 2. The van der Waals surface area contributed by atoms with Gasteiger partial charge in [-0.3, -0.25) is 0 Å². The Labute approximate surface area is 117 Å². The third kappa shape index (κ3) is 2.10. The summed E-state index contributed by atoms with van der Waals surface area (Å²) in [7, 11) is 1.36. The summed E-state index contributed by atoms with van der Waals surface area (Å²) in [5, 5.41) is 10.6. The molecule has 2 aromatic rings. The molecule has 0 spiro atoms. The van der Waals surface area contributed by atoms with Gasteiger partial charge in [-0.15, -0.1) is 0 Å². The third-order valence-electron chi connectivity index (χ3n) is 3.87. The van der Waals surface area contributed by atoms with Crippen molar-refractivity contribution in [2.24, 2.45) is 0 Å². The van der Waals surface area contributed by atoms with Crippen LogP contribution in [0.1, 0.15) is 38.7 Å². The highest BCUT2D eigenvalue weighted by molar-refractivity contribution is 5.89. The topological polar surface area (TPSA) is 46.5 Å². The first-order valence-corrected chi connectivity index (χ1v) is 6.67. The number of ether oxygens (including phenoxy) is 1. The normalized spacial score (nSPS) is 16.8. The van der Waals surface area contributed by atoms with Crippen LogP contribution in [0, 0.1) is 0 Å². The molecule has 0 saturated carbocycles. The predicted octanol–water partition coefficient (Wildman–Crippen LogP) is 2.65. The van der Waals surface area contributed by atoms with E-state index in [4.69, 9.17) is 4.74 Å². The quantitative estimate of drug-likeness (QED) is 0.809. The van der Waals surface area contributed by atoms with Crippen molar-refractivity contribution in [3.63, 3.8) is 0 Å². The Hall–Kier alpha value is -2.13. The van der Waals surface area contributed by atoms with E-state index in [9.17, 15) is 9.90 Å². The Bertz CT molecular complexity index is 661. The molecule has 2 aromatic carbocycles. The highest BCUT2D eigenvalue weighted by Crippen LogP contribution is 2.32. The first-order chi connectivity index (χ1) is 9.70. The summed E-state index contributed by atoms with van der Waals surface area (Å²) in [4.78, 5) is 11.6. The maximum Gasteiger partial charge on any atom is 0.337 e. The lowest BCUT2D eigenvalue weighted by Crippen LogP contribution is -2.07. The second kappa shape index (κ2) is 5.10. The maximum absolute atomic E-state index is 11.6. The molecule has 0 aliphatic heterocycles. The molecule has 0 aromatic heterocycles. The molecule has 102 valence electrons. The van der Waals surface area contributed by atoms with Crippen LogP contribution in [-0.4, -0.2) is 18.2 Å². The number of fused-ring (bicyclic) bond motifs is 2. The summed E-state index contributed by atoms with van der Waals surface area (Å²) in [5.41, 5.74) is 4.45. The number of esters is 1. The molecule has 0 saturated heterocycles. The molecule has 0 amide bonds. The lowest BCUT2D eigenvalue weighted by molar-refractivity contribution is 0.0600. The Balaban J connectivity index is 2.11. The van der Waals surface area contributed by atoms with Crippen LogP contribution in [0.5, 0.6) is 0 Å². The Kier molecular flexibility index (Phi) is 3.28. The molecule has 3 heteroatoms. The van der Waals surface area contributed by atoms with E-state index in [2.05, 4.69) is 0 Å². The smallest absolute Gasteiger partial charge is 0.337 e. The van der Waals surface area contributed by atoms with Crippen molar-refractivity contribution in [3.05, 3.63) is 70.3 Å². The van der Waals surface area contributed by atoms with E-state index in [1.54, 1.807) is 12.1 Å². The van der Waals surface area contributed by atoms with Gasteiger partial charge in [0.15, 0.2) is 0 Å². The molecule has 0 bridgehead atoms. The molecular weight excluding hydrogens is 252 g/mol. The number of hydrogen-bond donors (Lipinski definition) is 1. The van der Waals surface area contributed by atoms with E-state index in [1.165, 1.54) is 7.11 Å². The number of benzene rings is 2. The van der Waals surface area contributed by atoms with Crippen molar-refractivity contribution in [1.82, 2.24) is 0 Å². The van der Waals surface area contributed by atoms with E-state index in [0.29, 0.717) is 5.56 Å². The fraction of sp³-hybridized carbons (Fsp3) is 0.235. The van der Waals surface area contributed by atoms with Crippen LogP contribution < -0.4 is 0 Å². The summed E-state index contributed by atoms with van der Waals surface area (Å²) < 4.78 is 4.74. The summed E-state index contributed by atoms with van der Waals surface area (Å²) >= 11 is 0. The summed E-state index contributed by atoms with van der Waals surface area (Å²) in [6, 6.07) is 13.3. The third-order valence-corrected chi connectivity index (χ3v) is 3.87. The van der Waals surface area contributed by atoms with Gasteiger partial charge in [0.1, 0.15) is 6.10 Å². The molecule has 0 fully saturated rings. The van der Waals surface area contributed by atoms with Crippen LogP contribution in [0.25, 0.3) is 0 Å². The molecule has 1 aliphatic rings. The standard InChI is InChI=1S/C17H16O3/c1-20-17(19)13-9-8-12-7-6-11-4-2-3-5-14(11)16(18)15(12)10-13/h2-5,8-10,16,18H,6-7H2,1H3. The Morgan fingerprint density at radius 3 is 2.55 bits per heavy atom. The first kappa shape index (κ1) is 12.9. The van der Waals surface area contributed by atoms with Gasteiger partial charge in [-0.2, -0.15) is 0 Å². The Morgan fingerprint density at radius 1 is 1.10 bits per heavy atom. The van der Waals surface area contributed by atoms with Gasteiger partial charge in [-0.1, -0.05) is 30.3 Å². The van der Waals surface area contributed by atoms with Gasteiger partial charge in [0, 0.05) is 0 Å². The van der Waals surface area contributed by atoms with Gasteiger partial charge in [0.2, 0.25) is 0 Å². The average Bonchev–Trinajstić information content (AvgIpc) is 2.64. The van der Waals surface area contributed by atoms with E-state index in [1.807, 2.05) is 30.3 Å². The van der Waals surface area contributed by atoms with Gasteiger partial charge >= 0.3 is 5.97 Å². The highest BCUT2D eigenvalue weighted by atomic mass is 16.5. The highest BCUT2D eigenvalue weighted by Gasteiger charge is 2.22. The predicted molar refractivity (Wildman–Crippen MR) is 75.7 cm³/mol. The molecule has 1 atom stereocenters. The van der Waals surface area contributed by atoms with Gasteiger partial charge < -0.3 is 9.84 Å². The molecule has 0 heterocycles. The van der Waals surface area contributed by atoms with Crippen molar-refractivity contribution in [2.45, 2.75) is 18.9 Å². The van der Waals surface area contributed by atoms with Gasteiger partial charge in [0.25, 0.3) is 0 Å². The fourth-order valence-electron chi connectivity index (χ4n) is 2.79. The molecule has 1 unspecified atom stereocenters. The monoisotopic (exact) mass is 268 g/mol. The van der Waals surface area contributed by atoms with Crippen LogP contribution in [0.2, 0.25) is 0 Å². The largest absolute Gasteiger partial charge is 0.465 e. The second-order valence-corrected chi connectivity index (χ2v) is 5.01. The first-order valence-electron chi connectivity index (χ1n) is 6.67. The van der Waals surface area contributed by atoms with Gasteiger partial charge in [-0.05, 0) is 47.2 Å². The van der Waals surface area contributed by atoms with Crippen molar-refractivity contribution in [1.29, 1.82) is 0 Å². The van der Waals surface area contributed by atoms with Crippen LogP contribution in [0.15, 0.2) is 42.5 Å². The zero-order valence-electron chi connectivity index (χ0n) is 11.3. The van der Waals surface area contributed by atoms with E-state index >= 15 is 0 Å². The number of aliphatic hydroxyl groups excluding tert-OH is 1. The lowest BCUT2D eigenvalue weighted by atomic mass is 9.95. The number of hydrogen-bond acceptors (Lipinski definition) is 3. The van der Waals surface area contributed by atoms with Crippen LogP contribution in [0.4, 0.5) is 0 Å². The number of rotatable bonds is 1. The number of methoxy groups -OCH3 is 1. The molecule has 1 aliphatic carbocycles. The lowest BCUT2D eigenvalue weighted by Gasteiger charge is -2.15. The molecule has 20 heavy (non-hydrogen) atoms. The molecule has 3 rings (SSSR count). The zero-order valence-corrected chi connectivity index (χ0v) is 11.3. The van der Waals surface area contributed by atoms with Crippen LogP contribution in [0.3, 0.4) is 0 Å². The second-order valence-electron chi connectivity index (χ2n) is 5.01. The molecule has 3 nitrogen and oxygen atoms in total. The van der Waals surface area contributed by atoms with Crippen LogP contribution in [-0.2, 0) is 17.6 Å². The summed E-state index contributed by atoms with van der Waals surface area (Å²) in [6.07, 6.45) is 1.08. The van der Waals surface area contributed by atoms with Crippen molar-refractivity contribution >= 4 is 5.97 Å². The average molecular weight is 268 g/mol. The zero-order chi connectivity index (χ0) is 14.1. The van der Waals surface area contributed by atoms with Gasteiger partial charge in [-0.25, -0.2) is 4.79 Å². The minimum absolute atomic E-state index is 0.377. The van der Waals surface area contributed by atoms with Crippen molar-refractivity contribution in [3.8, 4) is 0 Å². The minimum Gasteiger partial charge on any atom is -0.465 e. The minimum atomic E-state index is -0.687. The SMILES string of the molecule is COC(=O)c1ccc2c(c1)C(O)c1ccccc1CC2.